The van der Waals surface area contributed by atoms with Crippen molar-refractivity contribution in [3.05, 3.63) is 48.5 Å². The fourth-order valence-electron chi connectivity index (χ4n) is 3.60. The molecule has 130 valence electrons. The molecule has 3 heterocycles. The van der Waals surface area contributed by atoms with E-state index in [0.29, 0.717) is 5.76 Å². The molecule has 1 fully saturated rings. The normalized spacial score (nSPS) is 22.8. The van der Waals surface area contributed by atoms with E-state index in [4.69, 9.17) is 4.42 Å². The maximum Gasteiger partial charge on any atom is 0.287 e. The Labute approximate surface area is 144 Å². The smallest absolute Gasteiger partial charge is 0.287 e. The minimum absolute atomic E-state index is 0.110. The maximum atomic E-state index is 12.1. The summed E-state index contributed by atoms with van der Waals surface area (Å²) in [6, 6.07) is 3.65. The third-order valence-corrected chi connectivity index (χ3v) is 4.70. The van der Waals surface area contributed by atoms with Crippen molar-refractivity contribution in [3.8, 4) is 0 Å². The number of furan rings is 1. The summed E-state index contributed by atoms with van der Waals surface area (Å²) >= 11 is 0. The van der Waals surface area contributed by atoms with Gasteiger partial charge in [0.1, 0.15) is 0 Å². The predicted molar refractivity (Wildman–Crippen MR) is 95.0 cm³/mol. The zero-order valence-electron chi connectivity index (χ0n) is 14.2. The lowest BCUT2D eigenvalue weighted by Gasteiger charge is -2.35. The third kappa shape index (κ3) is 4.58. The van der Waals surface area contributed by atoms with Crippen LogP contribution in [0, 0.1) is 0 Å². The van der Waals surface area contributed by atoms with Gasteiger partial charge in [0.2, 0.25) is 0 Å². The van der Waals surface area contributed by atoms with Gasteiger partial charge in [0, 0.05) is 38.8 Å². The molecule has 3 rings (SSSR count). The van der Waals surface area contributed by atoms with E-state index in [1.807, 2.05) is 6.08 Å². The molecule has 1 aromatic heterocycles. The standard InChI is InChI=1S/C19H27N3O2/c1-2-9-21-10-3-6-16(13-21)14-22-11-4-7-17(15-22)20-19(23)18-8-5-12-24-18/h2,5-6,8,12,17H,1,3-4,7,9-11,13-15H2,(H,20,23)/t17-/m1/s1. The fraction of sp³-hybridized carbons (Fsp3) is 0.526. The number of nitrogens with zero attached hydrogens (tertiary/aromatic N) is 2. The number of carbonyl (C=O) groups is 1. The van der Waals surface area contributed by atoms with Gasteiger partial charge in [-0.1, -0.05) is 12.2 Å². The topological polar surface area (TPSA) is 48.7 Å². The molecule has 2 aliphatic rings. The molecule has 0 spiro atoms. The molecule has 1 aromatic rings. The Kier molecular flexibility index (Phi) is 5.88. The van der Waals surface area contributed by atoms with Gasteiger partial charge in [0.25, 0.3) is 5.91 Å². The number of rotatable bonds is 6. The highest BCUT2D eigenvalue weighted by molar-refractivity contribution is 5.91. The molecule has 1 atom stereocenters. The highest BCUT2D eigenvalue weighted by Crippen LogP contribution is 2.16. The highest BCUT2D eigenvalue weighted by Gasteiger charge is 2.24. The van der Waals surface area contributed by atoms with Crippen LogP contribution in [0.4, 0.5) is 0 Å². The van der Waals surface area contributed by atoms with Crippen LogP contribution in [0.3, 0.4) is 0 Å². The van der Waals surface area contributed by atoms with Gasteiger partial charge in [-0.05, 0) is 43.5 Å². The zero-order chi connectivity index (χ0) is 16.8. The first kappa shape index (κ1) is 17.0. The molecule has 1 saturated heterocycles. The van der Waals surface area contributed by atoms with E-state index >= 15 is 0 Å². The lowest BCUT2D eigenvalue weighted by molar-refractivity contribution is 0.0878. The van der Waals surface area contributed by atoms with Crippen LogP contribution in [-0.2, 0) is 0 Å². The SMILES string of the molecule is C=CCN1CCC=C(CN2CCC[C@@H](NC(=O)c3ccco3)C2)C1. The molecule has 0 bridgehead atoms. The molecule has 2 aliphatic heterocycles. The Bertz CT molecular complexity index is 579. The van der Waals surface area contributed by atoms with Gasteiger partial charge in [0.15, 0.2) is 5.76 Å². The lowest BCUT2D eigenvalue weighted by Crippen LogP contribution is -2.48. The van der Waals surface area contributed by atoms with Gasteiger partial charge in [-0.15, -0.1) is 6.58 Å². The van der Waals surface area contributed by atoms with Crippen molar-refractivity contribution >= 4 is 5.91 Å². The molecule has 0 radical (unpaired) electrons. The molecular weight excluding hydrogens is 302 g/mol. The number of likely N-dealkylation sites (tertiary alicyclic amines) is 1. The van der Waals surface area contributed by atoms with Gasteiger partial charge in [-0.3, -0.25) is 14.6 Å². The van der Waals surface area contributed by atoms with Gasteiger partial charge < -0.3 is 9.73 Å². The number of nitrogens with one attached hydrogen (secondary N) is 1. The second-order valence-corrected chi connectivity index (χ2v) is 6.70. The first-order chi connectivity index (χ1) is 11.7. The minimum atomic E-state index is -0.110. The largest absolute Gasteiger partial charge is 0.459 e. The summed E-state index contributed by atoms with van der Waals surface area (Å²) in [5.74, 6) is 0.281. The van der Waals surface area contributed by atoms with Crippen LogP contribution in [0.15, 0.2) is 47.1 Å². The van der Waals surface area contributed by atoms with Crippen molar-refractivity contribution in [2.75, 3.05) is 39.3 Å². The summed E-state index contributed by atoms with van der Waals surface area (Å²) in [4.78, 5) is 17.0. The van der Waals surface area contributed by atoms with Crippen molar-refractivity contribution in [3.63, 3.8) is 0 Å². The Morgan fingerprint density at radius 3 is 3.12 bits per heavy atom. The Hall–Kier alpha value is -1.85. The Morgan fingerprint density at radius 1 is 1.42 bits per heavy atom. The van der Waals surface area contributed by atoms with E-state index in [1.54, 1.807) is 12.1 Å². The predicted octanol–water partition coefficient (Wildman–Crippen LogP) is 2.29. The van der Waals surface area contributed by atoms with E-state index in [1.165, 1.54) is 11.8 Å². The van der Waals surface area contributed by atoms with Crippen LogP contribution in [0.2, 0.25) is 0 Å². The molecule has 24 heavy (non-hydrogen) atoms. The number of hydrogen-bond donors (Lipinski definition) is 1. The molecule has 0 aromatic carbocycles. The van der Waals surface area contributed by atoms with E-state index < -0.39 is 0 Å². The molecule has 0 aliphatic carbocycles. The number of hydrogen-bond acceptors (Lipinski definition) is 4. The van der Waals surface area contributed by atoms with Crippen LogP contribution >= 0.6 is 0 Å². The zero-order valence-corrected chi connectivity index (χ0v) is 14.2. The minimum Gasteiger partial charge on any atom is -0.459 e. The van der Waals surface area contributed by atoms with E-state index in [-0.39, 0.29) is 11.9 Å². The number of amides is 1. The van der Waals surface area contributed by atoms with E-state index in [9.17, 15) is 4.79 Å². The first-order valence-corrected chi connectivity index (χ1v) is 8.82. The molecule has 0 unspecified atom stereocenters. The number of carbonyl (C=O) groups excluding carboxylic acids is 1. The summed E-state index contributed by atoms with van der Waals surface area (Å²) in [6.45, 7) is 9.96. The molecule has 1 amide bonds. The molecule has 0 saturated carbocycles. The summed E-state index contributed by atoms with van der Waals surface area (Å²) in [6.07, 6.45) is 9.16. The summed E-state index contributed by atoms with van der Waals surface area (Å²) < 4.78 is 5.17. The van der Waals surface area contributed by atoms with Crippen molar-refractivity contribution in [1.29, 1.82) is 0 Å². The van der Waals surface area contributed by atoms with Gasteiger partial charge >= 0.3 is 0 Å². The lowest BCUT2D eigenvalue weighted by atomic mass is 10.0. The highest BCUT2D eigenvalue weighted by atomic mass is 16.3. The van der Waals surface area contributed by atoms with Crippen LogP contribution < -0.4 is 5.32 Å². The second kappa shape index (κ2) is 8.31. The van der Waals surface area contributed by atoms with Gasteiger partial charge in [0.05, 0.1) is 6.26 Å². The van der Waals surface area contributed by atoms with Crippen LogP contribution in [0.5, 0.6) is 0 Å². The third-order valence-electron chi connectivity index (χ3n) is 4.70. The molecular formula is C19H27N3O2. The second-order valence-electron chi connectivity index (χ2n) is 6.70. The van der Waals surface area contributed by atoms with Crippen molar-refractivity contribution < 1.29 is 9.21 Å². The monoisotopic (exact) mass is 329 g/mol. The maximum absolute atomic E-state index is 12.1. The Balaban J connectivity index is 1.49. The number of piperidine rings is 1. The van der Waals surface area contributed by atoms with Crippen molar-refractivity contribution in [2.24, 2.45) is 0 Å². The average Bonchev–Trinajstić information content (AvgIpc) is 3.10. The van der Waals surface area contributed by atoms with Crippen LogP contribution in [0.1, 0.15) is 29.8 Å². The van der Waals surface area contributed by atoms with E-state index in [0.717, 1.165) is 58.5 Å². The van der Waals surface area contributed by atoms with Crippen LogP contribution in [-0.4, -0.2) is 61.0 Å². The summed E-state index contributed by atoms with van der Waals surface area (Å²) in [5.41, 5.74) is 1.49. The van der Waals surface area contributed by atoms with Gasteiger partial charge in [-0.2, -0.15) is 0 Å². The summed E-state index contributed by atoms with van der Waals surface area (Å²) in [5, 5.41) is 3.10. The van der Waals surface area contributed by atoms with Crippen molar-refractivity contribution in [1.82, 2.24) is 15.1 Å². The quantitative estimate of drug-likeness (QED) is 0.814. The Morgan fingerprint density at radius 2 is 2.33 bits per heavy atom. The molecule has 1 N–H and O–H groups in total. The average molecular weight is 329 g/mol. The van der Waals surface area contributed by atoms with Crippen LogP contribution in [0.25, 0.3) is 0 Å². The first-order valence-electron chi connectivity index (χ1n) is 8.82. The molecule has 5 heteroatoms. The van der Waals surface area contributed by atoms with E-state index in [2.05, 4.69) is 27.8 Å². The summed E-state index contributed by atoms with van der Waals surface area (Å²) in [7, 11) is 0. The van der Waals surface area contributed by atoms with Crippen molar-refractivity contribution in [2.45, 2.75) is 25.3 Å². The molecule has 5 nitrogen and oxygen atoms in total. The fourth-order valence-corrected chi connectivity index (χ4v) is 3.60. The van der Waals surface area contributed by atoms with Gasteiger partial charge in [-0.25, -0.2) is 0 Å².